The lowest BCUT2D eigenvalue weighted by molar-refractivity contribution is 0.627. The van der Waals surface area contributed by atoms with Gasteiger partial charge in [0.05, 0.1) is 0 Å². The van der Waals surface area contributed by atoms with Gasteiger partial charge in [0.1, 0.15) is 0 Å². The molecular formula is C8H23N2PS. The molecule has 1 atom stereocenters. The van der Waals surface area contributed by atoms with Gasteiger partial charge in [0.25, 0.3) is 0 Å². The van der Waals surface area contributed by atoms with Crippen LogP contribution in [-0.4, -0.2) is 5.75 Å². The van der Waals surface area contributed by atoms with E-state index >= 15 is 0 Å². The quantitative estimate of drug-likeness (QED) is 0.294. The zero-order valence-electron chi connectivity index (χ0n) is 8.09. The lowest BCUT2D eigenvalue weighted by Crippen LogP contribution is -2.02. The van der Waals surface area contributed by atoms with Crippen molar-refractivity contribution in [1.82, 2.24) is 0 Å². The summed E-state index contributed by atoms with van der Waals surface area (Å²) in [6.07, 6.45) is 8.50. The zero-order valence-corrected chi connectivity index (χ0v) is 10.1. The van der Waals surface area contributed by atoms with Crippen molar-refractivity contribution in [2.45, 2.75) is 45.4 Å². The molecule has 0 aromatic heterocycles. The first-order valence-corrected chi connectivity index (χ1v) is 7.03. The van der Waals surface area contributed by atoms with Crippen LogP contribution in [0.25, 0.3) is 0 Å². The molecule has 0 rings (SSSR count). The van der Waals surface area contributed by atoms with Crippen molar-refractivity contribution in [3.05, 3.63) is 0 Å². The summed E-state index contributed by atoms with van der Waals surface area (Å²) in [5.74, 6) is 9.32. The molecule has 0 aliphatic heterocycles. The predicted octanol–water partition coefficient (Wildman–Crippen LogP) is 2.69. The molecule has 0 bridgehead atoms. The van der Waals surface area contributed by atoms with E-state index in [9.17, 15) is 0 Å². The van der Waals surface area contributed by atoms with Gasteiger partial charge in [0, 0.05) is 0 Å². The number of hydrogen-bond donors (Lipinski definition) is 2. The van der Waals surface area contributed by atoms with Gasteiger partial charge in [0.2, 0.25) is 0 Å². The highest BCUT2D eigenvalue weighted by molar-refractivity contribution is 8.43. The second-order valence-corrected chi connectivity index (χ2v) is 4.38. The Morgan fingerprint density at radius 3 is 2.00 bits per heavy atom. The molecule has 0 amide bonds. The maximum absolute atomic E-state index is 4.00. The number of rotatable bonds is 7. The zero-order chi connectivity index (χ0) is 9.66. The first-order chi connectivity index (χ1) is 5.91. The van der Waals surface area contributed by atoms with E-state index in [2.05, 4.69) is 27.1 Å². The van der Waals surface area contributed by atoms with Gasteiger partial charge in [-0.25, -0.2) is 0 Å². The summed E-state index contributed by atoms with van der Waals surface area (Å²) in [6, 6.07) is 0. The molecule has 0 aromatic rings. The predicted molar refractivity (Wildman–Crippen MR) is 63.9 cm³/mol. The van der Waals surface area contributed by atoms with Crippen molar-refractivity contribution in [3.8, 4) is 0 Å². The fourth-order valence-corrected chi connectivity index (χ4v) is 1.84. The van der Waals surface area contributed by atoms with Crippen LogP contribution >= 0.6 is 19.8 Å². The van der Waals surface area contributed by atoms with E-state index in [4.69, 9.17) is 0 Å². The maximum atomic E-state index is 4.00. The van der Waals surface area contributed by atoms with Crippen LogP contribution in [0.3, 0.4) is 0 Å². The Hall–Kier alpha value is 0.700. The maximum Gasteiger partial charge on any atom is -0.00310 e. The smallest absolute Gasteiger partial charge is 0.00310 e. The number of hydrazine groups is 1. The molecule has 0 aromatic carbocycles. The molecule has 0 spiro atoms. The first-order valence-electron chi connectivity index (χ1n) is 4.56. The molecule has 0 radical (unpaired) electrons. The molecule has 0 saturated carbocycles. The molecule has 4 N–H and O–H groups in total. The van der Waals surface area contributed by atoms with Gasteiger partial charge in [-0.05, 0) is 12.2 Å². The second-order valence-electron chi connectivity index (χ2n) is 2.64. The van der Waals surface area contributed by atoms with E-state index in [1.165, 1.54) is 44.3 Å². The van der Waals surface area contributed by atoms with Crippen LogP contribution in [0.1, 0.15) is 45.4 Å². The van der Waals surface area contributed by atoms with Crippen LogP contribution in [0.15, 0.2) is 0 Å². The Kier molecular flexibility index (Phi) is 22.4. The summed E-state index contributed by atoms with van der Waals surface area (Å²) >= 11 is 1.88. The van der Waals surface area contributed by atoms with E-state index < -0.39 is 0 Å². The van der Waals surface area contributed by atoms with Crippen molar-refractivity contribution in [1.29, 1.82) is 0 Å². The van der Waals surface area contributed by atoms with Crippen LogP contribution in [0.4, 0.5) is 0 Å². The average Bonchev–Trinajstić information content (AvgIpc) is 2.15. The lowest BCUT2D eigenvalue weighted by atomic mass is 10.1. The fraction of sp³-hybridized carbons (Fsp3) is 1.00. The van der Waals surface area contributed by atoms with Crippen LogP contribution in [-0.2, 0) is 0 Å². The molecule has 1 unspecified atom stereocenters. The third-order valence-corrected chi connectivity index (χ3v) is 2.85. The molecule has 0 aliphatic rings. The van der Waals surface area contributed by atoms with Gasteiger partial charge in [-0.1, -0.05) is 47.5 Å². The van der Waals surface area contributed by atoms with Gasteiger partial charge in [-0.3, -0.25) is 11.7 Å². The molecular weight excluding hydrogens is 187 g/mol. The topological polar surface area (TPSA) is 52.0 Å². The minimum Gasteiger partial charge on any atom is -0.274 e. The van der Waals surface area contributed by atoms with Crippen LogP contribution in [0, 0.1) is 0 Å². The molecule has 0 saturated heterocycles. The van der Waals surface area contributed by atoms with E-state index in [1.807, 2.05) is 11.4 Å². The molecule has 0 heterocycles. The highest BCUT2D eigenvalue weighted by Crippen LogP contribution is 2.14. The summed E-state index contributed by atoms with van der Waals surface area (Å²) in [4.78, 5) is 0. The largest absolute Gasteiger partial charge is 0.274 e. The minimum atomic E-state index is 1.32. The molecule has 76 valence electrons. The normalized spacial score (nSPS) is 9.00. The third kappa shape index (κ3) is 17.0. The van der Waals surface area contributed by atoms with Crippen molar-refractivity contribution in [2.75, 3.05) is 5.75 Å². The molecule has 0 aliphatic carbocycles. The van der Waals surface area contributed by atoms with Crippen LogP contribution in [0.5, 0.6) is 0 Å². The number of nitrogens with two attached hydrogens (primary N) is 2. The summed E-state index contributed by atoms with van der Waals surface area (Å²) in [5.41, 5.74) is 0. The molecule has 4 heteroatoms. The first kappa shape index (κ1) is 15.2. The van der Waals surface area contributed by atoms with Gasteiger partial charge < -0.3 is 0 Å². The average molecular weight is 210 g/mol. The fourth-order valence-electron chi connectivity index (χ4n) is 0.966. The summed E-state index contributed by atoms with van der Waals surface area (Å²) in [7, 11) is 2.70. The van der Waals surface area contributed by atoms with Crippen molar-refractivity contribution >= 4 is 19.8 Å². The standard InChI is InChI=1S/C8H19PS.H4N2/c1-2-3-4-5-6-7-8-10-9;1-2/h2-9H2,1H3;1-2H2. The van der Waals surface area contributed by atoms with E-state index in [1.54, 1.807) is 0 Å². The van der Waals surface area contributed by atoms with Gasteiger partial charge in [-0.15, -0.1) is 11.4 Å². The molecule has 0 fully saturated rings. The minimum absolute atomic E-state index is 1.32. The van der Waals surface area contributed by atoms with Crippen molar-refractivity contribution < 1.29 is 0 Å². The van der Waals surface area contributed by atoms with Crippen molar-refractivity contribution in [3.63, 3.8) is 0 Å². The summed E-state index contributed by atoms with van der Waals surface area (Å²) < 4.78 is 0. The number of unbranched alkanes of at least 4 members (excludes halogenated alkanes) is 5. The van der Waals surface area contributed by atoms with E-state index in [0.717, 1.165) is 0 Å². The van der Waals surface area contributed by atoms with E-state index in [-0.39, 0.29) is 0 Å². The van der Waals surface area contributed by atoms with Gasteiger partial charge in [0.15, 0.2) is 0 Å². The van der Waals surface area contributed by atoms with Crippen molar-refractivity contribution in [2.24, 2.45) is 11.7 Å². The van der Waals surface area contributed by atoms with Gasteiger partial charge in [-0.2, -0.15) is 0 Å². The second kappa shape index (κ2) is 17.7. The molecule has 2 nitrogen and oxygen atoms in total. The monoisotopic (exact) mass is 210 g/mol. The summed E-state index contributed by atoms with van der Waals surface area (Å²) in [5, 5.41) is 0. The Bertz CT molecular complexity index is 57.0. The lowest BCUT2D eigenvalue weighted by Gasteiger charge is -1.97. The van der Waals surface area contributed by atoms with Gasteiger partial charge >= 0.3 is 0 Å². The Morgan fingerprint density at radius 2 is 1.50 bits per heavy atom. The third-order valence-electron chi connectivity index (χ3n) is 1.62. The Balaban J connectivity index is 0. The SMILES string of the molecule is CCCCCCCCSP.NN. The van der Waals surface area contributed by atoms with Crippen LogP contribution in [0.2, 0.25) is 0 Å². The van der Waals surface area contributed by atoms with E-state index in [0.29, 0.717) is 0 Å². The Morgan fingerprint density at radius 1 is 1.00 bits per heavy atom. The highest BCUT2D eigenvalue weighted by atomic mass is 32.7. The molecule has 12 heavy (non-hydrogen) atoms. The van der Waals surface area contributed by atoms with Crippen LogP contribution < -0.4 is 11.7 Å². The number of hydrogen-bond acceptors (Lipinski definition) is 3. The summed E-state index contributed by atoms with van der Waals surface area (Å²) in [6.45, 7) is 2.26. The highest BCUT2D eigenvalue weighted by Gasteiger charge is 1.87. The Labute approximate surface area is 83.2 Å².